The van der Waals surface area contributed by atoms with Crippen LogP contribution >= 0.6 is 23.2 Å². The highest BCUT2D eigenvalue weighted by atomic mass is 35.5. The fourth-order valence-corrected chi connectivity index (χ4v) is 2.91. The Balaban J connectivity index is 1.53. The van der Waals surface area contributed by atoms with E-state index in [9.17, 15) is 9.59 Å². The van der Waals surface area contributed by atoms with Gasteiger partial charge in [0.25, 0.3) is 5.91 Å². The van der Waals surface area contributed by atoms with Crippen molar-refractivity contribution < 1.29 is 9.59 Å². The minimum atomic E-state index is -0.252. The van der Waals surface area contributed by atoms with Gasteiger partial charge in [0.05, 0.1) is 16.6 Å². The first-order valence-corrected chi connectivity index (χ1v) is 9.68. The average Bonchev–Trinajstić information content (AvgIpc) is 2.74. The standard InChI is InChI=1S/C22H19Cl2N3O2/c23-19-10-9-17(12-20(19)24)25-14-21(28)27-18-8-4-7-16(11-18)22(29)26-13-15-5-2-1-3-6-15/h1-12,25H,13-14H2,(H,26,29)(H,27,28). The van der Waals surface area contributed by atoms with Crippen molar-refractivity contribution in [3.8, 4) is 0 Å². The predicted octanol–water partition coefficient (Wildman–Crippen LogP) is 4.97. The monoisotopic (exact) mass is 427 g/mol. The fourth-order valence-electron chi connectivity index (χ4n) is 2.61. The third-order valence-corrected chi connectivity index (χ3v) is 4.82. The van der Waals surface area contributed by atoms with Gasteiger partial charge >= 0.3 is 0 Å². The first kappa shape index (κ1) is 20.7. The molecule has 0 fully saturated rings. The lowest BCUT2D eigenvalue weighted by Crippen LogP contribution is -2.24. The molecule has 3 rings (SSSR count). The lowest BCUT2D eigenvalue weighted by molar-refractivity contribution is -0.114. The molecule has 3 aromatic carbocycles. The van der Waals surface area contributed by atoms with Crippen LogP contribution in [0.15, 0.2) is 72.8 Å². The van der Waals surface area contributed by atoms with E-state index in [0.29, 0.717) is 33.5 Å². The van der Waals surface area contributed by atoms with Gasteiger partial charge in [-0.25, -0.2) is 0 Å². The largest absolute Gasteiger partial charge is 0.376 e. The minimum Gasteiger partial charge on any atom is -0.376 e. The topological polar surface area (TPSA) is 70.2 Å². The molecule has 5 nitrogen and oxygen atoms in total. The van der Waals surface area contributed by atoms with Crippen LogP contribution in [0, 0.1) is 0 Å². The zero-order chi connectivity index (χ0) is 20.6. The maximum Gasteiger partial charge on any atom is 0.251 e. The highest BCUT2D eigenvalue weighted by Crippen LogP contribution is 2.24. The van der Waals surface area contributed by atoms with Crippen LogP contribution in [-0.4, -0.2) is 18.4 Å². The van der Waals surface area contributed by atoms with Gasteiger partial charge in [-0.15, -0.1) is 0 Å². The molecule has 0 spiro atoms. The molecule has 3 N–H and O–H groups in total. The molecular weight excluding hydrogens is 409 g/mol. The number of anilines is 2. The Morgan fingerprint density at radius 1 is 0.793 bits per heavy atom. The number of amides is 2. The van der Waals surface area contributed by atoms with E-state index >= 15 is 0 Å². The van der Waals surface area contributed by atoms with Crippen LogP contribution in [0.1, 0.15) is 15.9 Å². The van der Waals surface area contributed by atoms with Crippen molar-refractivity contribution >= 4 is 46.4 Å². The minimum absolute atomic E-state index is 0.0440. The average molecular weight is 428 g/mol. The van der Waals surface area contributed by atoms with Gasteiger partial charge in [0.1, 0.15) is 0 Å². The number of halogens is 2. The molecule has 0 bridgehead atoms. The Labute approximate surface area is 179 Å². The van der Waals surface area contributed by atoms with Crippen molar-refractivity contribution in [2.24, 2.45) is 0 Å². The molecule has 0 aromatic heterocycles. The molecule has 0 atom stereocenters. The molecule has 3 aromatic rings. The Kier molecular flexibility index (Phi) is 7.11. The molecule has 0 aliphatic rings. The van der Waals surface area contributed by atoms with Crippen LogP contribution in [0.2, 0.25) is 10.0 Å². The van der Waals surface area contributed by atoms with E-state index in [1.807, 2.05) is 30.3 Å². The maximum atomic E-state index is 12.4. The zero-order valence-electron chi connectivity index (χ0n) is 15.4. The third-order valence-electron chi connectivity index (χ3n) is 4.08. The van der Waals surface area contributed by atoms with Crippen LogP contribution in [-0.2, 0) is 11.3 Å². The van der Waals surface area contributed by atoms with Crippen molar-refractivity contribution in [2.45, 2.75) is 6.54 Å². The van der Waals surface area contributed by atoms with Gasteiger partial charge < -0.3 is 16.0 Å². The summed E-state index contributed by atoms with van der Waals surface area (Å²) in [5.74, 6) is -0.461. The van der Waals surface area contributed by atoms with Gasteiger partial charge in [-0.2, -0.15) is 0 Å². The molecule has 0 unspecified atom stereocenters. The Hall–Kier alpha value is -3.02. The molecular formula is C22H19Cl2N3O2. The SMILES string of the molecule is O=C(CNc1ccc(Cl)c(Cl)c1)Nc1cccc(C(=O)NCc2ccccc2)c1. The Bertz CT molecular complexity index is 1010. The molecule has 0 saturated heterocycles. The summed E-state index contributed by atoms with van der Waals surface area (Å²) >= 11 is 11.8. The smallest absolute Gasteiger partial charge is 0.251 e. The highest BCUT2D eigenvalue weighted by Gasteiger charge is 2.08. The highest BCUT2D eigenvalue weighted by molar-refractivity contribution is 6.42. The van der Waals surface area contributed by atoms with Gasteiger partial charge in [0, 0.05) is 23.5 Å². The zero-order valence-corrected chi connectivity index (χ0v) is 16.9. The molecule has 2 amide bonds. The van der Waals surface area contributed by atoms with Gasteiger partial charge in [0.15, 0.2) is 0 Å². The third kappa shape index (κ3) is 6.24. The molecule has 7 heteroatoms. The van der Waals surface area contributed by atoms with Gasteiger partial charge in [-0.1, -0.05) is 59.6 Å². The van der Waals surface area contributed by atoms with Crippen LogP contribution in [0.3, 0.4) is 0 Å². The molecule has 29 heavy (non-hydrogen) atoms. The van der Waals surface area contributed by atoms with Crippen molar-refractivity contribution in [3.63, 3.8) is 0 Å². The Morgan fingerprint density at radius 3 is 2.34 bits per heavy atom. The molecule has 0 heterocycles. The summed E-state index contributed by atoms with van der Waals surface area (Å²) < 4.78 is 0. The molecule has 0 radical (unpaired) electrons. The number of carbonyl (C=O) groups excluding carboxylic acids is 2. The van der Waals surface area contributed by atoms with Crippen molar-refractivity contribution in [3.05, 3.63) is 94.0 Å². The van der Waals surface area contributed by atoms with E-state index < -0.39 is 0 Å². The van der Waals surface area contributed by atoms with Crippen molar-refractivity contribution in [1.29, 1.82) is 0 Å². The Morgan fingerprint density at radius 2 is 1.59 bits per heavy atom. The summed E-state index contributed by atoms with van der Waals surface area (Å²) in [5.41, 5.74) is 2.71. The first-order chi connectivity index (χ1) is 14.0. The van der Waals surface area contributed by atoms with Crippen LogP contribution in [0.5, 0.6) is 0 Å². The fraction of sp³-hybridized carbons (Fsp3) is 0.0909. The first-order valence-electron chi connectivity index (χ1n) is 8.92. The van der Waals surface area contributed by atoms with E-state index in [4.69, 9.17) is 23.2 Å². The molecule has 0 saturated carbocycles. The summed E-state index contributed by atoms with van der Waals surface area (Å²) in [6.45, 7) is 0.478. The summed E-state index contributed by atoms with van der Waals surface area (Å²) in [7, 11) is 0. The van der Waals surface area contributed by atoms with Crippen LogP contribution in [0.4, 0.5) is 11.4 Å². The summed E-state index contributed by atoms with van der Waals surface area (Å²) in [4.78, 5) is 24.6. The van der Waals surface area contributed by atoms with Gasteiger partial charge in [-0.3, -0.25) is 9.59 Å². The number of benzene rings is 3. The summed E-state index contributed by atoms with van der Waals surface area (Å²) in [5, 5.41) is 9.46. The summed E-state index contributed by atoms with van der Waals surface area (Å²) in [6.07, 6.45) is 0. The maximum absolute atomic E-state index is 12.4. The number of carbonyl (C=O) groups is 2. The quantitative estimate of drug-likeness (QED) is 0.498. The van der Waals surface area contributed by atoms with Crippen molar-refractivity contribution in [2.75, 3.05) is 17.2 Å². The number of hydrogen-bond donors (Lipinski definition) is 3. The molecule has 0 aliphatic carbocycles. The number of rotatable bonds is 7. The number of nitrogens with one attached hydrogen (secondary N) is 3. The lowest BCUT2D eigenvalue weighted by atomic mass is 10.1. The molecule has 0 aliphatic heterocycles. The second-order valence-corrected chi connectivity index (χ2v) is 7.09. The second-order valence-electron chi connectivity index (χ2n) is 6.28. The number of hydrogen-bond acceptors (Lipinski definition) is 3. The second kappa shape index (κ2) is 9.96. The van der Waals surface area contributed by atoms with E-state index in [-0.39, 0.29) is 18.4 Å². The van der Waals surface area contributed by atoms with Crippen LogP contribution < -0.4 is 16.0 Å². The normalized spacial score (nSPS) is 10.3. The van der Waals surface area contributed by atoms with E-state index in [0.717, 1.165) is 5.56 Å². The van der Waals surface area contributed by atoms with Gasteiger partial charge in [-0.05, 0) is 42.0 Å². The van der Waals surface area contributed by atoms with E-state index in [2.05, 4.69) is 16.0 Å². The van der Waals surface area contributed by atoms with Crippen molar-refractivity contribution in [1.82, 2.24) is 5.32 Å². The van der Waals surface area contributed by atoms with E-state index in [1.165, 1.54) is 0 Å². The summed E-state index contributed by atoms with van der Waals surface area (Å²) in [6, 6.07) is 21.5. The predicted molar refractivity (Wildman–Crippen MR) is 118 cm³/mol. The lowest BCUT2D eigenvalue weighted by Gasteiger charge is -2.10. The van der Waals surface area contributed by atoms with Crippen LogP contribution in [0.25, 0.3) is 0 Å². The molecule has 148 valence electrons. The van der Waals surface area contributed by atoms with Gasteiger partial charge in [0.2, 0.25) is 5.91 Å². The van der Waals surface area contributed by atoms with E-state index in [1.54, 1.807) is 42.5 Å².